The fourth-order valence-electron chi connectivity index (χ4n) is 0.600. The first-order valence-electron chi connectivity index (χ1n) is 3.84. The highest BCUT2D eigenvalue weighted by Crippen LogP contribution is 2.13. The Labute approximate surface area is 77.1 Å². The Morgan fingerprint density at radius 2 is 2.42 bits per heavy atom. The number of carbonyl (C=O) groups excluding carboxylic acids is 1. The number of hydrogen-bond acceptors (Lipinski definition) is 4. The van der Waals surface area contributed by atoms with Gasteiger partial charge in [0.2, 0.25) is 0 Å². The highest BCUT2D eigenvalue weighted by molar-refractivity contribution is 8.00. The second-order valence-corrected chi connectivity index (χ2v) is 3.72. The molecule has 68 valence electrons. The number of carbonyl (C=O) groups is 1. The summed E-state index contributed by atoms with van der Waals surface area (Å²) < 4.78 is 4.73. The molecule has 0 aliphatic heterocycles. The molecule has 0 bridgehead atoms. The first kappa shape index (κ1) is 11.3. The van der Waals surface area contributed by atoms with Crippen LogP contribution in [0.3, 0.4) is 0 Å². The third-order valence-electron chi connectivity index (χ3n) is 1.17. The Morgan fingerprint density at radius 1 is 1.75 bits per heavy atom. The lowest BCUT2D eigenvalue weighted by molar-refractivity contribution is -0.139. The van der Waals surface area contributed by atoms with E-state index in [0.29, 0.717) is 18.8 Å². The van der Waals surface area contributed by atoms with E-state index in [1.54, 1.807) is 6.92 Å². The molecule has 1 unspecified atom stereocenters. The average molecular weight is 187 g/mol. The molecule has 3 nitrogen and oxygen atoms in total. The van der Waals surface area contributed by atoms with E-state index in [-0.39, 0.29) is 11.2 Å². The van der Waals surface area contributed by atoms with Gasteiger partial charge < -0.3 is 4.74 Å². The molecule has 1 atom stereocenters. The second-order valence-electron chi connectivity index (χ2n) is 2.29. The molecule has 0 aromatic rings. The molecule has 0 aliphatic carbocycles. The van der Waals surface area contributed by atoms with Crippen molar-refractivity contribution < 1.29 is 9.53 Å². The van der Waals surface area contributed by atoms with Crippen LogP contribution in [0.2, 0.25) is 0 Å². The molecule has 0 aliphatic rings. The second kappa shape index (κ2) is 6.99. The molecule has 0 fully saturated rings. The molecule has 4 heteroatoms. The Bertz CT molecular complexity index is 176. The normalized spacial score (nSPS) is 11.8. The molecule has 0 saturated carbocycles. The van der Waals surface area contributed by atoms with Gasteiger partial charge in [0.1, 0.15) is 0 Å². The van der Waals surface area contributed by atoms with Gasteiger partial charge in [0.25, 0.3) is 0 Å². The maximum Gasteiger partial charge on any atom is 0.315 e. The zero-order chi connectivity index (χ0) is 9.40. The topological polar surface area (TPSA) is 50.1 Å². The van der Waals surface area contributed by atoms with Crippen molar-refractivity contribution in [3.05, 3.63) is 0 Å². The van der Waals surface area contributed by atoms with Gasteiger partial charge in [-0.25, -0.2) is 0 Å². The van der Waals surface area contributed by atoms with Gasteiger partial charge in [-0.15, -0.1) is 11.8 Å². The van der Waals surface area contributed by atoms with Crippen LogP contribution in [-0.4, -0.2) is 23.6 Å². The van der Waals surface area contributed by atoms with Crippen LogP contribution in [0.4, 0.5) is 0 Å². The van der Waals surface area contributed by atoms with Gasteiger partial charge in [0.05, 0.1) is 18.4 Å². The summed E-state index contributed by atoms with van der Waals surface area (Å²) in [6, 6.07) is 2.05. The van der Waals surface area contributed by atoms with E-state index in [1.165, 1.54) is 11.8 Å². The SMILES string of the molecule is CCOC(=O)CSC(C)CC#N. The smallest absolute Gasteiger partial charge is 0.315 e. The predicted octanol–water partition coefficient (Wildman–Crippen LogP) is 1.58. The van der Waals surface area contributed by atoms with Crippen LogP contribution in [-0.2, 0) is 9.53 Å². The summed E-state index contributed by atoms with van der Waals surface area (Å²) in [5.41, 5.74) is 0. The lowest BCUT2D eigenvalue weighted by atomic mass is 10.4. The summed E-state index contributed by atoms with van der Waals surface area (Å²) in [7, 11) is 0. The average Bonchev–Trinajstić information content (AvgIpc) is 2.02. The van der Waals surface area contributed by atoms with Crippen molar-refractivity contribution >= 4 is 17.7 Å². The minimum absolute atomic E-state index is 0.202. The van der Waals surface area contributed by atoms with E-state index in [0.717, 1.165) is 0 Å². The number of nitriles is 1. The van der Waals surface area contributed by atoms with Crippen LogP contribution in [0.15, 0.2) is 0 Å². The Balaban J connectivity index is 3.41. The minimum atomic E-state index is -0.202. The fraction of sp³-hybridized carbons (Fsp3) is 0.750. The molecule has 0 aromatic carbocycles. The third-order valence-corrected chi connectivity index (χ3v) is 2.31. The van der Waals surface area contributed by atoms with Crippen molar-refractivity contribution in [1.82, 2.24) is 0 Å². The van der Waals surface area contributed by atoms with E-state index < -0.39 is 0 Å². The van der Waals surface area contributed by atoms with Crippen molar-refractivity contribution in [3.63, 3.8) is 0 Å². The van der Waals surface area contributed by atoms with Gasteiger partial charge in [-0.2, -0.15) is 5.26 Å². The van der Waals surface area contributed by atoms with Crippen LogP contribution in [0, 0.1) is 11.3 Å². The Morgan fingerprint density at radius 3 is 2.92 bits per heavy atom. The van der Waals surface area contributed by atoms with Crippen LogP contribution >= 0.6 is 11.8 Å². The molecule has 0 rings (SSSR count). The van der Waals surface area contributed by atoms with E-state index in [1.807, 2.05) is 6.92 Å². The number of nitrogens with zero attached hydrogens (tertiary/aromatic N) is 1. The summed E-state index contributed by atoms with van der Waals surface area (Å²) in [4.78, 5) is 10.8. The number of ether oxygens (including phenoxy) is 1. The van der Waals surface area contributed by atoms with Crippen molar-refractivity contribution in [3.8, 4) is 6.07 Å². The van der Waals surface area contributed by atoms with Gasteiger partial charge in [0, 0.05) is 11.7 Å². The summed E-state index contributed by atoms with van der Waals surface area (Å²) in [5.74, 6) is 0.142. The van der Waals surface area contributed by atoms with Gasteiger partial charge >= 0.3 is 5.97 Å². The molecular formula is C8H13NO2S. The van der Waals surface area contributed by atoms with Crippen molar-refractivity contribution in [1.29, 1.82) is 5.26 Å². The standard InChI is InChI=1S/C8H13NO2S/c1-3-11-8(10)6-12-7(2)4-5-9/h7H,3-4,6H2,1-2H3. The van der Waals surface area contributed by atoms with Crippen LogP contribution < -0.4 is 0 Å². The maximum absolute atomic E-state index is 10.8. The molecule has 0 spiro atoms. The molecule has 0 amide bonds. The van der Waals surface area contributed by atoms with E-state index >= 15 is 0 Å². The van der Waals surface area contributed by atoms with Gasteiger partial charge in [0.15, 0.2) is 0 Å². The summed E-state index contributed by atoms with van der Waals surface area (Å²) >= 11 is 1.45. The maximum atomic E-state index is 10.8. The lowest BCUT2D eigenvalue weighted by Crippen LogP contribution is -2.09. The predicted molar refractivity (Wildman–Crippen MR) is 48.8 cm³/mol. The van der Waals surface area contributed by atoms with Gasteiger partial charge in [-0.05, 0) is 6.92 Å². The van der Waals surface area contributed by atoms with E-state index in [9.17, 15) is 4.79 Å². The van der Waals surface area contributed by atoms with Crippen LogP contribution in [0.25, 0.3) is 0 Å². The monoisotopic (exact) mass is 187 g/mol. The third kappa shape index (κ3) is 6.05. The van der Waals surface area contributed by atoms with Crippen LogP contribution in [0.1, 0.15) is 20.3 Å². The van der Waals surface area contributed by atoms with E-state index in [2.05, 4.69) is 6.07 Å². The zero-order valence-corrected chi connectivity index (χ0v) is 8.19. The number of esters is 1. The molecule has 0 radical (unpaired) electrons. The number of hydrogen-bond donors (Lipinski definition) is 0. The number of thioether (sulfide) groups is 1. The molecule has 12 heavy (non-hydrogen) atoms. The van der Waals surface area contributed by atoms with E-state index in [4.69, 9.17) is 10.00 Å². The zero-order valence-electron chi connectivity index (χ0n) is 7.37. The number of rotatable bonds is 5. The highest BCUT2D eigenvalue weighted by atomic mass is 32.2. The fourth-order valence-corrected chi connectivity index (χ4v) is 1.30. The lowest BCUT2D eigenvalue weighted by Gasteiger charge is -2.05. The molecular weight excluding hydrogens is 174 g/mol. The summed E-state index contributed by atoms with van der Waals surface area (Å²) in [6.07, 6.45) is 0.476. The van der Waals surface area contributed by atoms with Crippen LogP contribution in [0.5, 0.6) is 0 Å². The minimum Gasteiger partial charge on any atom is -0.465 e. The molecule has 0 saturated heterocycles. The van der Waals surface area contributed by atoms with Crippen molar-refractivity contribution in [2.45, 2.75) is 25.5 Å². The largest absolute Gasteiger partial charge is 0.465 e. The highest BCUT2D eigenvalue weighted by Gasteiger charge is 2.06. The first-order valence-corrected chi connectivity index (χ1v) is 4.89. The Kier molecular flexibility index (Phi) is 6.58. The molecule has 0 N–H and O–H groups in total. The van der Waals surface area contributed by atoms with Crippen molar-refractivity contribution in [2.75, 3.05) is 12.4 Å². The quantitative estimate of drug-likeness (QED) is 0.613. The first-order chi connectivity index (χ1) is 5.70. The van der Waals surface area contributed by atoms with Gasteiger partial charge in [-0.3, -0.25) is 4.79 Å². The van der Waals surface area contributed by atoms with Crippen molar-refractivity contribution in [2.24, 2.45) is 0 Å². The van der Waals surface area contributed by atoms with Gasteiger partial charge in [-0.1, -0.05) is 6.92 Å². The molecule has 0 aromatic heterocycles. The summed E-state index contributed by atoms with van der Waals surface area (Å²) in [6.45, 7) is 4.13. The molecule has 0 heterocycles. The summed E-state index contributed by atoms with van der Waals surface area (Å²) in [5, 5.41) is 8.53. The Hall–Kier alpha value is -0.690.